The van der Waals surface area contributed by atoms with E-state index in [4.69, 9.17) is 0 Å². The van der Waals surface area contributed by atoms with Crippen molar-refractivity contribution in [3.63, 3.8) is 0 Å². The highest BCUT2D eigenvalue weighted by Gasteiger charge is 2.60. The average Bonchev–Trinajstić information content (AvgIpc) is 3.01. The first-order valence-electron chi connectivity index (χ1n) is 11.2. The van der Waals surface area contributed by atoms with Crippen LogP contribution in [0.15, 0.2) is 51.1 Å². The van der Waals surface area contributed by atoms with E-state index in [1.807, 2.05) is 0 Å². The molecule has 0 bridgehead atoms. The quantitative estimate of drug-likeness (QED) is 0.627. The third-order valence-corrected chi connectivity index (χ3v) is 7.64. The van der Waals surface area contributed by atoms with Gasteiger partial charge in [-0.2, -0.15) is 0 Å². The number of nitrogens with zero attached hydrogens (tertiary/aromatic N) is 3. The van der Waals surface area contributed by atoms with Crippen LogP contribution in [-0.4, -0.2) is 37.0 Å². The number of ketones is 2. The normalized spacial score (nSPS) is 27.6. The summed E-state index contributed by atoms with van der Waals surface area (Å²) in [6.07, 6.45) is -2.10. The van der Waals surface area contributed by atoms with Gasteiger partial charge in [0.15, 0.2) is 11.6 Å². The molecule has 1 aromatic carbocycles. The molecule has 1 aromatic heterocycles. The summed E-state index contributed by atoms with van der Waals surface area (Å²) in [6, 6.07) is 2.14. The molecule has 0 saturated heterocycles. The molecule has 190 valence electrons. The topological polar surface area (TPSA) is 113 Å². The zero-order valence-electron chi connectivity index (χ0n) is 19.5. The number of ether oxygens (including phenoxy) is 1. The highest BCUT2D eigenvalue weighted by molar-refractivity contribution is 6.13. The molecule has 12 heteroatoms. The van der Waals surface area contributed by atoms with Gasteiger partial charge in [0.25, 0.3) is 0 Å². The number of halogens is 3. The van der Waals surface area contributed by atoms with Crippen molar-refractivity contribution >= 4 is 11.6 Å². The van der Waals surface area contributed by atoms with Gasteiger partial charge in [0.1, 0.15) is 11.5 Å². The van der Waals surface area contributed by atoms with Gasteiger partial charge in [0.2, 0.25) is 0 Å². The average molecular weight is 505 g/mol. The Morgan fingerprint density at radius 3 is 2.50 bits per heavy atom. The van der Waals surface area contributed by atoms with Crippen LogP contribution >= 0.6 is 0 Å². The molecule has 36 heavy (non-hydrogen) atoms. The Kier molecular flexibility index (Phi) is 5.03. The maximum Gasteiger partial charge on any atom is 0.573 e. The van der Waals surface area contributed by atoms with Crippen LogP contribution in [0.25, 0.3) is 0 Å². The van der Waals surface area contributed by atoms with Gasteiger partial charge in [-0.15, -0.1) is 13.2 Å². The molecular formula is C24H22F3N3O6. The summed E-state index contributed by atoms with van der Waals surface area (Å²) in [6.45, 7) is 3.01. The van der Waals surface area contributed by atoms with E-state index in [2.05, 4.69) is 4.74 Å². The van der Waals surface area contributed by atoms with Crippen molar-refractivity contribution in [1.29, 1.82) is 0 Å². The number of rotatable bonds is 2. The summed E-state index contributed by atoms with van der Waals surface area (Å²) in [5.41, 5.74) is -2.06. The Hall–Kier alpha value is -3.83. The van der Waals surface area contributed by atoms with Crippen molar-refractivity contribution in [1.82, 2.24) is 13.9 Å². The predicted molar refractivity (Wildman–Crippen MR) is 119 cm³/mol. The molecule has 2 aromatic rings. The van der Waals surface area contributed by atoms with Gasteiger partial charge in [-0.3, -0.25) is 9.59 Å². The van der Waals surface area contributed by atoms with Crippen LogP contribution in [0.5, 0.6) is 11.5 Å². The third-order valence-electron chi connectivity index (χ3n) is 7.64. The SMILES string of the molecule is CC1=CC(=O)[C@@H]2C[C@@H]3C(=CCn4c(=O)n(C)c(=O)n43)[C@H](c3cc(OC(F)(F)F)ccc3O)[C@]2(C)C1=O. The molecule has 0 unspecified atom stereocenters. The first-order chi connectivity index (χ1) is 16.8. The maximum atomic E-state index is 13.6. The second-order valence-corrected chi connectivity index (χ2v) is 9.60. The van der Waals surface area contributed by atoms with Crippen LogP contribution in [0.1, 0.15) is 37.8 Å². The van der Waals surface area contributed by atoms with E-state index in [1.165, 1.54) is 29.4 Å². The number of phenols is 1. The molecule has 1 N–H and O–H groups in total. The van der Waals surface area contributed by atoms with E-state index in [-0.39, 0.29) is 35.7 Å². The lowest BCUT2D eigenvalue weighted by molar-refractivity contribution is -0.274. The van der Waals surface area contributed by atoms with Crippen LogP contribution < -0.4 is 16.1 Å². The summed E-state index contributed by atoms with van der Waals surface area (Å²) in [4.78, 5) is 52.4. The lowest BCUT2D eigenvalue weighted by atomic mass is 9.51. The van der Waals surface area contributed by atoms with Gasteiger partial charge >= 0.3 is 17.7 Å². The van der Waals surface area contributed by atoms with Gasteiger partial charge < -0.3 is 9.84 Å². The fourth-order valence-corrected chi connectivity index (χ4v) is 6.07. The third kappa shape index (κ3) is 3.23. The fourth-order valence-electron chi connectivity index (χ4n) is 6.07. The second kappa shape index (κ2) is 7.58. The lowest BCUT2D eigenvalue weighted by Crippen LogP contribution is -2.54. The van der Waals surface area contributed by atoms with Crippen LogP contribution in [0.4, 0.5) is 13.2 Å². The van der Waals surface area contributed by atoms with Crippen LogP contribution in [-0.2, 0) is 23.2 Å². The smallest absolute Gasteiger partial charge is 0.508 e. The molecule has 5 rings (SSSR count). The van der Waals surface area contributed by atoms with Crippen molar-refractivity contribution in [3.05, 3.63) is 68.0 Å². The van der Waals surface area contributed by atoms with E-state index in [0.717, 1.165) is 22.8 Å². The highest BCUT2D eigenvalue weighted by atomic mass is 19.4. The Bertz CT molecular complexity index is 1510. The first kappa shape index (κ1) is 23.9. The number of aromatic hydroxyl groups is 1. The lowest BCUT2D eigenvalue weighted by Gasteiger charge is -2.52. The predicted octanol–water partition coefficient (Wildman–Crippen LogP) is 2.34. The number of alkyl halides is 3. The molecule has 0 spiro atoms. The molecule has 0 radical (unpaired) electrons. The molecule has 1 aliphatic heterocycles. The number of aromatic nitrogens is 3. The first-order valence-corrected chi connectivity index (χ1v) is 11.2. The molecule has 3 aliphatic rings. The number of hydrogen-bond acceptors (Lipinski definition) is 6. The van der Waals surface area contributed by atoms with Gasteiger partial charge in [-0.1, -0.05) is 13.0 Å². The van der Waals surface area contributed by atoms with Gasteiger partial charge in [-0.25, -0.2) is 23.5 Å². The number of phenolic OH excluding ortho intramolecular Hbond substituents is 1. The van der Waals surface area contributed by atoms with Gasteiger partial charge in [-0.05, 0) is 48.8 Å². The fraction of sp³-hybridized carbons (Fsp3) is 0.417. The molecule has 1 fully saturated rings. The zero-order chi connectivity index (χ0) is 26.3. The van der Waals surface area contributed by atoms with Gasteiger partial charge in [0.05, 0.1) is 18.0 Å². The summed E-state index contributed by atoms with van der Waals surface area (Å²) in [5, 5.41) is 10.8. The number of benzene rings is 1. The van der Waals surface area contributed by atoms with E-state index in [0.29, 0.717) is 5.57 Å². The van der Waals surface area contributed by atoms with E-state index in [9.17, 15) is 37.5 Å². The monoisotopic (exact) mass is 505 g/mol. The molecule has 9 nitrogen and oxygen atoms in total. The number of hydrogen-bond donors (Lipinski definition) is 1. The van der Waals surface area contributed by atoms with Crippen LogP contribution in [0, 0.1) is 11.3 Å². The molecule has 2 aliphatic carbocycles. The Morgan fingerprint density at radius 1 is 1.14 bits per heavy atom. The van der Waals surface area contributed by atoms with Crippen LogP contribution in [0.3, 0.4) is 0 Å². The van der Waals surface area contributed by atoms with Crippen molar-refractivity contribution in [3.8, 4) is 11.5 Å². The minimum Gasteiger partial charge on any atom is -0.508 e. The number of carbonyl (C=O) groups excluding carboxylic acids is 2. The minimum absolute atomic E-state index is 0.0239. The number of Topliss-reactive ketones (excluding diaryl/α,β-unsaturated/α-hetero) is 1. The van der Waals surface area contributed by atoms with Crippen LogP contribution in [0.2, 0.25) is 0 Å². The van der Waals surface area contributed by atoms with Crippen molar-refractivity contribution < 1.29 is 32.6 Å². The molecule has 4 atom stereocenters. The zero-order valence-corrected chi connectivity index (χ0v) is 19.5. The number of allylic oxidation sites excluding steroid dienone is 4. The standard InChI is InChI=1S/C24H22F3N3O6/c1-11-8-18(32)15-10-16-13(6-7-29-21(34)28(3)22(35)30(16)29)19(23(15,2)20(11)33)14-9-12(4-5-17(14)31)36-24(25,26)27/h4-6,8-9,15-16,19,31H,7,10H2,1-3H3/t15-,16+,19+,23+/m0/s1. The van der Waals surface area contributed by atoms with E-state index >= 15 is 0 Å². The van der Waals surface area contributed by atoms with E-state index in [1.54, 1.807) is 13.0 Å². The second-order valence-electron chi connectivity index (χ2n) is 9.60. The van der Waals surface area contributed by atoms with Gasteiger partial charge in [0, 0.05) is 24.4 Å². The molecule has 0 amide bonds. The number of carbonyl (C=O) groups is 2. The summed E-state index contributed by atoms with van der Waals surface area (Å²) in [7, 11) is 1.32. The number of fused-ring (bicyclic) bond motifs is 4. The Labute approximate surface area is 201 Å². The van der Waals surface area contributed by atoms with Crippen molar-refractivity contribution in [2.24, 2.45) is 18.4 Å². The van der Waals surface area contributed by atoms with Crippen molar-refractivity contribution in [2.75, 3.05) is 0 Å². The summed E-state index contributed by atoms with van der Waals surface area (Å²) >= 11 is 0. The summed E-state index contributed by atoms with van der Waals surface area (Å²) < 4.78 is 46.3. The Balaban J connectivity index is 1.78. The minimum atomic E-state index is -5.00. The van der Waals surface area contributed by atoms with Crippen molar-refractivity contribution in [2.45, 2.75) is 45.1 Å². The summed E-state index contributed by atoms with van der Waals surface area (Å²) in [5.74, 6) is -3.79. The maximum absolute atomic E-state index is 13.6. The van der Waals surface area contributed by atoms with E-state index < -0.39 is 52.5 Å². The molecular weight excluding hydrogens is 483 g/mol. The Morgan fingerprint density at radius 2 is 1.83 bits per heavy atom. The molecule has 1 saturated carbocycles. The largest absolute Gasteiger partial charge is 0.573 e. The molecule has 2 heterocycles. The highest BCUT2D eigenvalue weighted by Crippen LogP contribution is 2.61.